The number of para-hydroxylation sites is 2. The van der Waals surface area contributed by atoms with Crippen molar-refractivity contribution in [2.75, 3.05) is 0 Å². The third-order valence-electron chi connectivity index (χ3n) is 3.63. The second-order valence-corrected chi connectivity index (χ2v) is 5.51. The van der Waals surface area contributed by atoms with Crippen LogP contribution in [0.2, 0.25) is 0 Å². The van der Waals surface area contributed by atoms with Crippen LogP contribution in [0.3, 0.4) is 0 Å². The molecule has 0 N–H and O–H groups in total. The van der Waals surface area contributed by atoms with Crippen molar-refractivity contribution >= 4 is 21.9 Å². The number of fused-ring (bicyclic) bond motifs is 2. The van der Waals surface area contributed by atoms with Gasteiger partial charge in [0.2, 0.25) is 0 Å². The van der Waals surface area contributed by atoms with Crippen LogP contribution in [0.4, 0.5) is 0 Å². The molecule has 0 aliphatic heterocycles. The summed E-state index contributed by atoms with van der Waals surface area (Å²) in [5, 5.41) is 1.93. The lowest BCUT2D eigenvalue weighted by molar-refractivity contribution is 0.555. The molecular formula is C20H16O4. The first-order valence-corrected chi connectivity index (χ1v) is 7.53. The first-order chi connectivity index (χ1) is 11.5. The van der Waals surface area contributed by atoms with Crippen LogP contribution >= 0.6 is 0 Å². The highest BCUT2D eigenvalue weighted by atomic mass is 16.4. The molecule has 0 saturated heterocycles. The molecule has 0 unspecified atom stereocenters. The molecule has 0 saturated carbocycles. The van der Waals surface area contributed by atoms with Crippen molar-refractivity contribution in [3.8, 4) is 0 Å². The standard InChI is InChI=1S/2C10H8O2/c2*1-7-6-8-4-2-3-5-9(8)12-10(7)11/h2*2-6H,1H3. The van der Waals surface area contributed by atoms with Crippen molar-refractivity contribution in [2.24, 2.45) is 0 Å². The van der Waals surface area contributed by atoms with Crippen LogP contribution in [0.15, 0.2) is 79.1 Å². The van der Waals surface area contributed by atoms with Gasteiger partial charge in [0.25, 0.3) is 0 Å². The number of hydrogen-bond acceptors (Lipinski definition) is 4. The molecule has 0 radical (unpaired) electrons. The van der Waals surface area contributed by atoms with Gasteiger partial charge in [0.1, 0.15) is 11.2 Å². The predicted molar refractivity (Wildman–Crippen MR) is 94.4 cm³/mol. The normalized spacial score (nSPS) is 10.4. The maximum Gasteiger partial charge on any atom is 0.339 e. The van der Waals surface area contributed by atoms with Gasteiger partial charge >= 0.3 is 11.3 Å². The summed E-state index contributed by atoms with van der Waals surface area (Å²) in [6, 6.07) is 18.6. The molecule has 2 aromatic heterocycles. The van der Waals surface area contributed by atoms with Gasteiger partial charge in [-0.3, -0.25) is 0 Å². The third kappa shape index (κ3) is 3.27. The second kappa shape index (κ2) is 6.54. The molecule has 2 heterocycles. The lowest BCUT2D eigenvalue weighted by Gasteiger charge is -1.95. The third-order valence-corrected chi connectivity index (χ3v) is 3.63. The Morgan fingerprint density at radius 1 is 0.625 bits per heavy atom. The fourth-order valence-electron chi connectivity index (χ4n) is 2.33. The zero-order chi connectivity index (χ0) is 17.1. The highest BCUT2D eigenvalue weighted by Gasteiger charge is 1.99. The molecule has 4 nitrogen and oxygen atoms in total. The molecule has 0 bridgehead atoms. The zero-order valence-electron chi connectivity index (χ0n) is 13.4. The van der Waals surface area contributed by atoms with Crippen molar-refractivity contribution in [3.05, 3.63) is 92.6 Å². The van der Waals surface area contributed by atoms with Crippen molar-refractivity contribution < 1.29 is 8.83 Å². The molecule has 24 heavy (non-hydrogen) atoms. The maximum atomic E-state index is 11.1. The number of benzene rings is 2. The Morgan fingerprint density at radius 2 is 1.00 bits per heavy atom. The number of hydrogen-bond donors (Lipinski definition) is 0. The molecule has 120 valence electrons. The van der Waals surface area contributed by atoms with Crippen molar-refractivity contribution in [3.63, 3.8) is 0 Å². The molecule has 4 heteroatoms. The van der Waals surface area contributed by atoms with Gasteiger partial charge in [-0.1, -0.05) is 36.4 Å². The highest BCUT2D eigenvalue weighted by Crippen LogP contribution is 2.12. The van der Waals surface area contributed by atoms with Gasteiger partial charge in [0.15, 0.2) is 0 Å². The van der Waals surface area contributed by atoms with E-state index in [1.165, 1.54) is 0 Å². The Morgan fingerprint density at radius 3 is 1.42 bits per heavy atom. The first-order valence-electron chi connectivity index (χ1n) is 7.53. The molecule has 4 rings (SSSR count). The van der Waals surface area contributed by atoms with Crippen molar-refractivity contribution in [1.29, 1.82) is 0 Å². The Labute approximate surface area is 138 Å². The Balaban J connectivity index is 0.000000141. The SMILES string of the molecule is Cc1cc2ccccc2oc1=O.Cc1cc2ccccc2oc1=O. The minimum absolute atomic E-state index is 0.256. The molecule has 0 amide bonds. The Hall–Kier alpha value is -3.14. The molecule has 2 aromatic carbocycles. The van der Waals surface area contributed by atoms with Gasteiger partial charge in [-0.15, -0.1) is 0 Å². The van der Waals surface area contributed by atoms with Crippen molar-refractivity contribution in [2.45, 2.75) is 13.8 Å². The summed E-state index contributed by atoms with van der Waals surface area (Å²) < 4.78 is 10.1. The van der Waals surface area contributed by atoms with Crippen LogP contribution in [0.5, 0.6) is 0 Å². The lowest BCUT2D eigenvalue weighted by Crippen LogP contribution is -2.01. The minimum atomic E-state index is -0.256. The van der Waals surface area contributed by atoms with Gasteiger partial charge < -0.3 is 8.83 Å². The largest absolute Gasteiger partial charge is 0.423 e. The molecule has 0 fully saturated rings. The molecule has 0 aliphatic carbocycles. The van der Waals surface area contributed by atoms with Gasteiger partial charge in [-0.2, -0.15) is 0 Å². The molecular weight excluding hydrogens is 304 g/mol. The quantitative estimate of drug-likeness (QED) is 0.456. The van der Waals surface area contributed by atoms with Crippen LogP contribution in [0, 0.1) is 13.8 Å². The van der Waals surface area contributed by atoms with Gasteiger partial charge in [-0.25, -0.2) is 9.59 Å². The van der Waals surface area contributed by atoms with E-state index in [1.807, 2.05) is 48.5 Å². The summed E-state index contributed by atoms with van der Waals surface area (Å²) in [4.78, 5) is 22.1. The minimum Gasteiger partial charge on any atom is -0.423 e. The highest BCUT2D eigenvalue weighted by molar-refractivity contribution is 5.77. The molecule has 0 spiro atoms. The lowest BCUT2D eigenvalue weighted by atomic mass is 10.2. The van der Waals surface area contributed by atoms with E-state index in [2.05, 4.69) is 0 Å². The van der Waals surface area contributed by atoms with E-state index in [0.29, 0.717) is 22.3 Å². The summed E-state index contributed by atoms with van der Waals surface area (Å²) in [6.45, 7) is 3.50. The number of aryl methyl sites for hydroxylation is 2. The Kier molecular flexibility index (Phi) is 4.29. The van der Waals surface area contributed by atoms with E-state index in [1.54, 1.807) is 26.0 Å². The topological polar surface area (TPSA) is 60.4 Å². The predicted octanol–water partition coefficient (Wildman–Crippen LogP) is 4.20. The van der Waals surface area contributed by atoms with Crippen molar-refractivity contribution in [1.82, 2.24) is 0 Å². The second-order valence-electron chi connectivity index (χ2n) is 5.51. The van der Waals surface area contributed by atoms with Gasteiger partial charge in [0, 0.05) is 21.9 Å². The van der Waals surface area contributed by atoms with Gasteiger partial charge in [0.05, 0.1) is 0 Å². The van der Waals surface area contributed by atoms with Crippen LogP contribution in [-0.4, -0.2) is 0 Å². The van der Waals surface area contributed by atoms with E-state index in [-0.39, 0.29) is 11.3 Å². The maximum absolute atomic E-state index is 11.1. The average molecular weight is 320 g/mol. The zero-order valence-corrected chi connectivity index (χ0v) is 13.4. The summed E-state index contributed by atoms with van der Waals surface area (Å²) in [6.07, 6.45) is 0. The summed E-state index contributed by atoms with van der Waals surface area (Å²) in [7, 11) is 0. The van der Waals surface area contributed by atoms with E-state index < -0.39 is 0 Å². The number of rotatable bonds is 0. The van der Waals surface area contributed by atoms with E-state index in [9.17, 15) is 9.59 Å². The smallest absolute Gasteiger partial charge is 0.339 e. The molecule has 4 aromatic rings. The average Bonchev–Trinajstić information content (AvgIpc) is 2.57. The van der Waals surface area contributed by atoms with Crippen LogP contribution in [0.1, 0.15) is 11.1 Å². The summed E-state index contributed by atoms with van der Waals surface area (Å²) in [5.74, 6) is 0. The molecule has 0 aliphatic rings. The van der Waals surface area contributed by atoms with Crippen LogP contribution in [0.25, 0.3) is 21.9 Å². The first kappa shape index (κ1) is 15.7. The summed E-state index contributed by atoms with van der Waals surface area (Å²) >= 11 is 0. The molecule has 0 atom stereocenters. The van der Waals surface area contributed by atoms with E-state index in [4.69, 9.17) is 8.83 Å². The monoisotopic (exact) mass is 320 g/mol. The van der Waals surface area contributed by atoms with Gasteiger partial charge in [-0.05, 0) is 38.1 Å². The van der Waals surface area contributed by atoms with E-state index >= 15 is 0 Å². The van der Waals surface area contributed by atoms with Crippen LogP contribution in [-0.2, 0) is 0 Å². The van der Waals surface area contributed by atoms with Crippen LogP contribution < -0.4 is 11.3 Å². The fourth-order valence-corrected chi connectivity index (χ4v) is 2.33. The fraction of sp³-hybridized carbons (Fsp3) is 0.100. The Bertz CT molecular complexity index is 1030. The van der Waals surface area contributed by atoms with E-state index in [0.717, 1.165) is 10.8 Å². The summed E-state index contributed by atoms with van der Waals surface area (Å²) in [5.41, 5.74) is 2.08.